The fourth-order valence-electron chi connectivity index (χ4n) is 0.548. The Morgan fingerprint density at radius 3 is 1.91 bits per heavy atom. The molecule has 11 heavy (non-hydrogen) atoms. The molecule has 0 aromatic heterocycles. The second kappa shape index (κ2) is 5.20. The Balaban J connectivity index is 3.89. The summed E-state index contributed by atoms with van der Waals surface area (Å²) in [7, 11) is 0. The van der Waals surface area contributed by atoms with Crippen LogP contribution in [0.15, 0.2) is 3.34 Å². The van der Waals surface area contributed by atoms with Crippen LogP contribution in [0.3, 0.4) is 0 Å². The molecule has 0 heterocycles. The van der Waals surface area contributed by atoms with Crippen molar-refractivity contribution in [2.75, 3.05) is 13.1 Å². The second-order valence-electron chi connectivity index (χ2n) is 3.50. The minimum atomic E-state index is -0.678. The number of hydrogen-bond acceptors (Lipinski definition) is 1. The Kier molecular flexibility index (Phi) is 5.44. The first kappa shape index (κ1) is 11.5. The van der Waals surface area contributed by atoms with Gasteiger partial charge in [0, 0.05) is 0 Å². The van der Waals surface area contributed by atoms with Crippen molar-refractivity contribution in [1.29, 1.82) is 0 Å². The molecule has 0 N–H and O–H groups in total. The monoisotopic (exact) mass is 324 g/mol. The van der Waals surface area contributed by atoms with Crippen LogP contribution in [0.5, 0.6) is 0 Å². The van der Waals surface area contributed by atoms with E-state index < -0.39 is 19.8 Å². The van der Waals surface area contributed by atoms with Gasteiger partial charge in [-0.2, -0.15) is 0 Å². The maximum atomic E-state index is 4.70. The number of rotatable bonds is 3. The van der Waals surface area contributed by atoms with E-state index in [0.717, 1.165) is 0 Å². The van der Waals surface area contributed by atoms with Crippen LogP contribution in [-0.2, 0) is 19.8 Å². The predicted molar refractivity (Wildman–Crippen MR) is 45.1 cm³/mol. The molecule has 0 aliphatic heterocycles. The zero-order valence-corrected chi connectivity index (χ0v) is 11.5. The molecule has 0 radical (unpaired) electrons. The topological polar surface area (TPSA) is 15.6 Å². The molecule has 0 bridgehead atoms. The average Bonchev–Trinajstić information content (AvgIpc) is 1.88. The summed E-state index contributed by atoms with van der Waals surface area (Å²) in [5.41, 5.74) is 0.194. The standard InChI is InChI=1S/C4H9N.C4H10N.Ta/c1-4(2,3)5;1-3-5-4-2;/h1-3H3;3-4H2,1-2H3;/q;-1;+3. The summed E-state index contributed by atoms with van der Waals surface area (Å²) >= 11 is -0.678. The molecule has 0 unspecified atom stereocenters. The SMILES string of the molecule is CC[N](CC)[Ta+2]=[N]C(C)(C)C. The Hall–Kier alpha value is 0.500. The third-order valence-electron chi connectivity index (χ3n) is 1.20. The first-order chi connectivity index (χ1) is 4.99. The first-order valence-corrected chi connectivity index (χ1v) is 7.04. The Labute approximate surface area is 79.9 Å². The summed E-state index contributed by atoms with van der Waals surface area (Å²) in [4.78, 5) is 0. The van der Waals surface area contributed by atoms with E-state index in [1.165, 1.54) is 13.1 Å². The Morgan fingerprint density at radius 2 is 1.64 bits per heavy atom. The van der Waals surface area contributed by atoms with Gasteiger partial charge in [0.05, 0.1) is 0 Å². The van der Waals surface area contributed by atoms with E-state index in [9.17, 15) is 0 Å². The zero-order chi connectivity index (χ0) is 8.91. The molecule has 0 aromatic carbocycles. The molecular weight excluding hydrogens is 305 g/mol. The third-order valence-corrected chi connectivity index (χ3v) is 6.62. The molecule has 64 valence electrons. The summed E-state index contributed by atoms with van der Waals surface area (Å²) in [6.45, 7) is 13.3. The van der Waals surface area contributed by atoms with E-state index in [1.54, 1.807) is 0 Å². The average molecular weight is 324 g/mol. The maximum absolute atomic E-state index is 4.70. The summed E-state index contributed by atoms with van der Waals surface area (Å²) in [5.74, 6) is 0. The fourth-order valence-corrected chi connectivity index (χ4v) is 2.87. The van der Waals surface area contributed by atoms with Crippen LogP contribution in [0, 0.1) is 0 Å². The molecule has 0 spiro atoms. The molecule has 0 aromatic rings. The van der Waals surface area contributed by atoms with E-state index >= 15 is 0 Å². The Bertz CT molecular complexity index is 123. The second-order valence-corrected chi connectivity index (χ2v) is 6.89. The molecule has 0 saturated carbocycles. The van der Waals surface area contributed by atoms with Crippen LogP contribution < -0.4 is 0 Å². The van der Waals surface area contributed by atoms with Crippen molar-refractivity contribution in [2.45, 2.75) is 40.2 Å². The number of hydrogen-bond donors (Lipinski definition) is 0. The van der Waals surface area contributed by atoms with Gasteiger partial charge in [-0.1, -0.05) is 0 Å². The van der Waals surface area contributed by atoms with Gasteiger partial charge in [-0.15, -0.1) is 0 Å². The molecule has 0 fully saturated rings. The summed E-state index contributed by atoms with van der Waals surface area (Å²) < 4.78 is 7.20. The van der Waals surface area contributed by atoms with Gasteiger partial charge in [0.1, 0.15) is 0 Å². The van der Waals surface area contributed by atoms with Gasteiger partial charge in [0.2, 0.25) is 0 Å². The molecule has 0 aliphatic carbocycles. The molecule has 0 rings (SSSR count). The molecular formula is C8H19N2Ta+2. The van der Waals surface area contributed by atoms with E-state index in [0.29, 0.717) is 0 Å². The molecule has 0 saturated heterocycles. The number of nitrogens with zero attached hydrogens (tertiary/aromatic N) is 2. The molecule has 0 aliphatic rings. The van der Waals surface area contributed by atoms with Gasteiger partial charge < -0.3 is 0 Å². The first-order valence-electron chi connectivity index (χ1n) is 4.17. The van der Waals surface area contributed by atoms with E-state index in [-0.39, 0.29) is 5.54 Å². The normalized spacial score (nSPS) is 12.5. The van der Waals surface area contributed by atoms with Crippen LogP contribution in [-0.4, -0.2) is 21.9 Å². The van der Waals surface area contributed by atoms with E-state index in [1.807, 2.05) is 0 Å². The van der Waals surface area contributed by atoms with Crippen molar-refractivity contribution in [2.24, 2.45) is 3.34 Å². The third kappa shape index (κ3) is 6.88. The predicted octanol–water partition coefficient (Wildman–Crippen LogP) is 2.31. The summed E-state index contributed by atoms with van der Waals surface area (Å²) in [5, 5.41) is 0. The molecule has 0 amide bonds. The van der Waals surface area contributed by atoms with E-state index in [4.69, 9.17) is 3.34 Å². The van der Waals surface area contributed by atoms with Crippen LogP contribution in [0.1, 0.15) is 34.6 Å². The minimum absolute atomic E-state index is 0.194. The molecule has 0 atom stereocenters. The van der Waals surface area contributed by atoms with Gasteiger partial charge in [-0.25, -0.2) is 0 Å². The van der Waals surface area contributed by atoms with Crippen LogP contribution in [0.25, 0.3) is 0 Å². The van der Waals surface area contributed by atoms with Crippen molar-refractivity contribution in [3.05, 3.63) is 0 Å². The summed E-state index contributed by atoms with van der Waals surface area (Å²) in [6, 6.07) is 0. The van der Waals surface area contributed by atoms with Crippen molar-refractivity contribution in [1.82, 2.24) is 3.30 Å². The van der Waals surface area contributed by atoms with Gasteiger partial charge in [-0.3, -0.25) is 0 Å². The van der Waals surface area contributed by atoms with E-state index in [2.05, 4.69) is 37.9 Å². The molecule has 3 heteroatoms. The summed E-state index contributed by atoms with van der Waals surface area (Å²) in [6.07, 6.45) is 0. The zero-order valence-electron chi connectivity index (χ0n) is 8.26. The van der Waals surface area contributed by atoms with Crippen LogP contribution in [0.4, 0.5) is 0 Å². The van der Waals surface area contributed by atoms with Crippen LogP contribution in [0.2, 0.25) is 0 Å². The van der Waals surface area contributed by atoms with Crippen molar-refractivity contribution < 1.29 is 19.8 Å². The van der Waals surface area contributed by atoms with Gasteiger partial charge in [0.25, 0.3) is 0 Å². The van der Waals surface area contributed by atoms with Crippen LogP contribution >= 0.6 is 0 Å². The van der Waals surface area contributed by atoms with Gasteiger partial charge in [-0.05, 0) is 0 Å². The molecule has 2 nitrogen and oxygen atoms in total. The van der Waals surface area contributed by atoms with Crippen molar-refractivity contribution in [3.8, 4) is 0 Å². The van der Waals surface area contributed by atoms with Gasteiger partial charge >= 0.3 is 79.7 Å². The fraction of sp³-hybridized carbons (Fsp3) is 1.00. The quantitative estimate of drug-likeness (QED) is 0.778. The van der Waals surface area contributed by atoms with Crippen molar-refractivity contribution >= 4 is 0 Å². The van der Waals surface area contributed by atoms with Crippen molar-refractivity contribution in [3.63, 3.8) is 0 Å². The van der Waals surface area contributed by atoms with Gasteiger partial charge in [0.15, 0.2) is 0 Å². The Morgan fingerprint density at radius 1 is 1.18 bits per heavy atom.